The predicted octanol–water partition coefficient (Wildman–Crippen LogP) is 14.7. The topological polar surface area (TPSA) is 414 Å². The van der Waals surface area contributed by atoms with Gasteiger partial charge in [0.1, 0.15) is 59.6 Å². The summed E-state index contributed by atoms with van der Waals surface area (Å²) < 4.78 is 56.7. The molecule has 12 rings (SSSR count). The maximum atomic E-state index is 12.8. The Morgan fingerprint density at radius 2 is 0.712 bits per heavy atom. The van der Waals surface area contributed by atoms with Crippen LogP contribution in [-0.2, 0) is 138 Å². The Morgan fingerprint density at radius 1 is 0.377 bits per heavy atom. The van der Waals surface area contributed by atoms with Crippen LogP contribution in [0.1, 0.15) is 254 Å². The molecule has 3 N–H and O–H groups in total. The Kier molecular flexibility index (Phi) is 56.9. The Labute approximate surface area is 868 Å². The summed E-state index contributed by atoms with van der Waals surface area (Å²) in [5.74, 6) is -1.59. The van der Waals surface area contributed by atoms with Gasteiger partial charge in [0.25, 0.3) is 17.7 Å². The van der Waals surface area contributed by atoms with E-state index in [-0.39, 0.29) is 158 Å². The molecule has 820 valence electrons. The highest BCUT2D eigenvalue weighted by Crippen LogP contribution is 2.30. The van der Waals surface area contributed by atoms with Gasteiger partial charge in [0, 0.05) is 130 Å². The molecule has 10 atom stereocenters. The van der Waals surface area contributed by atoms with Gasteiger partial charge in [-0.15, -0.1) is 0 Å². The molecule has 6 aliphatic rings. The number of fused-ring (bicyclic) bond motifs is 2. The lowest BCUT2D eigenvalue weighted by atomic mass is 10.1. The van der Waals surface area contributed by atoms with Crippen LogP contribution < -0.4 is 5.32 Å². The van der Waals surface area contributed by atoms with Crippen molar-refractivity contribution in [1.29, 1.82) is 0 Å². The van der Waals surface area contributed by atoms with E-state index in [0.717, 1.165) is 56.3 Å². The summed E-state index contributed by atoms with van der Waals surface area (Å²) >= 11 is 0. The van der Waals surface area contributed by atoms with Gasteiger partial charge >= 0.3 is 48.3 Å². The summed E-state index contributed by atoms with van der Waals surface area (Å²) in [7, 11) is 0. The lowest BCUT2D eigenvalue weighted by molar-refractivity contribution is -0.156. The maximum absolute atomic E-state index is 12.8. The quantitative estimate of drug-likeness (QED) is 0.0305. The molecule has 8 heterocycles. The van der Waals surface area contributed by atoms with Gasteiger partial charge < -0.3 is 111 Å². The number of aliphatic hydroxyl groups excluding tert-OH is 2. The minimum absolute atomic E-state index is 0. The molecule has 4 aromatic carbocycles. The Bertz CT molecular complexity index is 4950. The number of esters is 4. The first-order valence-electron chi connectivity index (χ1n) is 47.6. The van der Waals surface area contributed by atoms with Crippen LogP contribution >= 0.6 is 0 Å². The molecular formula is C108H174N14O24. The van der Waals surface area contributed by atoms with Crippen molar-refractivity contribution in [1.82, 2.24) is 68.5 Å². The number of imidazole rings is 2. The van der Waals surface area contributed by atoms with Crippen LogP contribution in [0, 0.1) is 0 Å². The van der Waals surface area contributed by atoms with E-state index in [4.69, 9.17) is 42.6 Å². The average Bonchev–Trinajstić information content (AvgIpc) is 1.60. The predicted molar refractivity (Wildman–Crippen MR) is 560 cm³/mol. The lowest BCUT2D eigenvalue weighted by Crippen LogP contribution is -2.62. The molecular weight excluding hydrogens is 1880 g/mol. The molecule has 0 bridgehead atoms. The maximum Gasteiger partial charge on any atom is 0.410 e. The third-order valence-electron chi connectivity index (χ3n) is 22.3. The molecule has 38 nitrogen and oxygen atoms in total. The van der Waals surface area contributed by atoms with Crippen LogP contribution in [-0.4, -0.2) is 322 Å². The number of carbonyl (C=O) groups excluding carboxylic acids is 12. The van der Waals surface area contributed by atoms with Gasteiger partial charge in [-0.3, -0.25) is 43.4 Å². The summed E-state index contributed by atoms with van der Waals surface area (Å²) in [5, 5.41) is 22.4. The van der Waals surface area contributed by atoms with Crippen molar-refractivity contribution < 1.29 is 115 Å². The molecule has 0 radical (unpaired) electrons. The number of rotatable bonds is 23. The van der Waals surface area contributed by atoms with E-state index in [1.807, 2.05) is 131 Å². The molecule has 7 amide bonds. The first kappa shape index (κ1) is 132. The summed E-state index contributed by atoms with van der Waals surface area (Å²) in [6, 6.07) is 40.2. The number of carbonyl (C=O) groups is 12. The van der Waals surface area contributed by atoms with Gasteiger partial charge in [-0.25, -0.2) is 29.1 Å². The number of nitrogens with one attached hydrogen (secondary N) is 1. The SMILES string of the molecule is C.C.C.C.C.C.CC(=O)OCC(=O)N1[C@@H](C)CN(C(=O)OC(C)(C)C)C[C@@H]1C=O.CC(=O)OCC(=O)N1[C@@H](CO)CN(C(=O)OC(C)(C)C)C[C@@H]1C.CC(=O)OCC(=O)N1[C@@H](COCc2ccccc2)CN(Cc2ccccc2)C[C@@H]1C.CC(=O)OCc1ncc2n1[C@@H](C)CN(C(=O)OC(C)(C)C)C2.C[C@H]1CN(C(=O)OC(C)(C)C)Cc2cnc(CO)n21.C[C@H]1CN(Cc2ccccc2)C[C@H](COCc2ccccc2)N1. The highest BCUT2D eigenvalue weighted by molar-refractivity contribution is 5.85. The number of aromatic nitrogens is 4. The van der Waals surface area contributed by atoms with E-state index in [2.05, 4.69) is 103 Å². The summed E-state index contributed by atoms with van der Waals surface area (Å²) in [6.45, 7) is 47.9. The number of piperazine rings is 4. The fourth-order valence-corrected chi connectivity index (χ4v) is 16.9. The van der Waals surface area contributed by atoms with Crippen molar-refractivity contribution in [2.45, 2.75) is 332 Å². The molecule has 4 saturated heterocycles. The van der Waals surface area contributed by atoms with E-state index in [1.165, 1.54) is 64.0 Å². The first-order valence-corrected chi connectivity index (χ1v) is 47.6. The largest absolute Gasteiger partial charge is 0.458 e. The van der Waals surface area contributed by atoms with Crippen molar-refractivity contribution in [3.8, 4) is 0 Å². The minimum atomic E-state index is -0.797. The summed E-state index contributed by atoms with van der Waals surface area (Å²) in [6.07, 6.45) is 2.40. The third-order valence-corrected chi connectivity index (χ3v) is 22.3. The number of amides is 7. The van der Waals surface area contributed by atoms with Gasteiger partial charge in [0.15, 0.2) is 19.8 Å². The number of hydrogen-bond acceptors (Lipinski definition) is 29. The summed E-state index contributed by atoms with van der Waals surface area (Å²) in [5.41, 5.74) is 4.53. The molecule has 4 fully saturated rings. The molecule has 38 heteroatoms. The average molecular weight is 2050 g/mol. The van der Waals surface area contributed by atoms with Gasteiger partial charge in [-0.2, -0.15) is 0 Å². The summed E-state index contributed by atoms with van der Waals surface area (Å²) in [4.78, 5) is 165. The highest BCUT2D eigenvalue weighted by atomic mass is 16.6. The van der Waals surface area contributed by atoms with E-state index in [9.17, 15) is 67.7 Å². The number of benzene rings is 4. The Morgan fingerprint density at radius 3 is 1.10 bits per heavy atom. The van der Waals surface area contributed by atoms with Gasteiger partial charge in [-0.05, 0) is 147 Å². The zero-order valence-corrected chi connectivity index (χ0v) is 85.7. The highest BCUT2D eigenvalue weighted by Gasteiger charge is 2.43. The molecule has 0 unspecified atom stereocenters. The van der Waals surface area contributed by atoms with Crippen LogP contribution in [0.15, 0.2) is 134 Å². The Balaban J connectivity index is 0.000000873. The molecule has 146 heavy (non-hydrogen) atoms. The second-order valence-electron chi connectivity index (χ2n) is 39.8. The van der Waals surface area contributed by atoms with Gasteiger partial charge in [0.05, 0.1) is 101 Å². The van der Waals surface area contributed by atoms with E-state index >= 15 is 0 Å². The zero-order valence-electron chi connectivity index (χ0n) is 85.7. The van der Waals surface area contributed by atoms with Gasteiger partial charge in [0.2, 0.25) is 0 Å². The standard InChI is InChI=1S/C24H30N2O4.C20H26N2O.C15H23N3O4.C15H26N2O6.C15H24N2O6.C13H21N3O3.6CH4/c1-19-13-25(14-21-9-5-3-6-10-21)15-23(26(19)24(28)18-30-20(2)27)17-29-16-22-11-7-4-8-12-22;1-17-12-22(13-18-8-4-2-5-9-18)14-20(21-17)16-23-15-19-10-6-3-7-11-19;1-10-7-17(14(20)22-15(3,4)5)8-12-6-16-13(18(10)12)9-21-11(2)19;2*1-10-6-16(14(21)23-15(3,4)5)7-12(8-18)17(10)13(20)9-22-11(2)19;1-9-6-15(12(18)19-13(2,3)4)7-10-5-14-11(8-17)16(9)10;;;;;;/h3-12,19,23H,13-18H2,1-2H3;2-11,17,20-21H,12-16H2,1H3;6,10H,7-9H2,1-5H3;10,12,18H,6-9H2,1-5H3;8,10,12H,6-7,9H2,1-5H3;5,9,17H,6-8H2,1-4H3;6*1H4/t19-,23+;17-,20+;10-;2*10-,12+;9-;;;;;;/m000000....../s1. The van der Waals surface area contributed by atoms with E-state index in [1.54, 1.807) is 77.6 Å². The normalized spacial score (nSPS) is 19.5. The number of aliphatic hydroxyl groups is 2. The van der Waals surface area contributed by atoms with E-state index in [0.29, 0.717) is 82.6 Å². The number of aldehydes is 1. The third kappa shape index (κ3) is 45.2. The number of ether oxygens (including phenoxy) is 10. The fraction of sp³-hybridized carbons (Fsp3) is 0.611. The van der Waals surface area contributed by atoms with Crippen molar-refractivity contribution in [2.75, 3.05) is 105 Å². The second-order valence-corrected chi connectivity index (χ2v) is 39.8. The van der Waals surface area contributed by atoms with E-state index < -0.39 is 89.0 Å². The van der Waals surface area contributed by atoms with Crippen LogP contribution in [0.5, 0.6) is 0 Å². The van der Waals surface area contributed by atoms with Crippen LogP contribution in [0.4, 0.5) is 19.2 Å². The first-order chi connectivity index (χ1) is 65.9. The number of hydrogen-bond donors (Lipinski definition) is 3. The van der Waals surface area contributed by atoms with Crippen molar-refractivity contribution in [3.05, 3.63) is 179 Å². The molecule has 6 aromatic rings. The molecule has 0 spiro atoms. The minimum Gasteiger partial charge on any atom is -0.458 e. The van der Waals surface area contributed by atoms with Crippen molar-refractivity contribution in [2.24, 2.45) is 0 Å². The smallest absolute Gasteiger partial charge is 0.410 e. The molecule has 0 saturated carbocycles. The molecule has 6 aliphatic heterocycles. The fourth-order valence-electron chi connectivity index (χ4n) is 16.9. The number of nitrogens with zero attached hydrogens (tertiary/aromatic N) is 13. The van der Waals surface area contributed by atoms with Crippen molar-refractivity contribution in [3.63, 3.8) is 0 Å². The molecule has 0 aliphatic carbocycles. The van der Waals surface area contributed by atoms with Crippen LogP contribution in [0.2, 0.25) is 0 Å². The van der Waals surface area contributed by atoms with Crippen LogP contribution in [0.3, 0.4) is 0 Å². The monoisotopic (exact) mass is 2050 g/mol. The second kappa shape index (κ2) is 62.9. The Hall–Kier alpha value is -11.9. The van der Waals surface area contributed by atoms with Gasteiger partial charge in [-0.1, -0.05) is 166 Å². The van der Waals surface area contributed by atoms with Crippen molar-refractivity contribution >= 4 is 72.3 Å². The molecule has 2 aromatic heterocycles. The lowest BCUT2D eigenvalue weighted by Gasteiger charge is -2.45. The van der Waals surface area contributed by atoms with Crippen LogP contribution in [0.25, 0.3) is 0 Å². The zero-order chi connectivity index (χ0) is 104.